The molecule has 0 aromatic heterocycles. The Morgan fingerprint density at radius 1 is 1.17 bits per heavy atom. The predicted molar refractivity (Wildman–Crippen MR) is 118 cm³/mol. The lowest BCUT2D eigenvalue weighted by atomic mass is 10.1. The van der Waals surface area contributed by atoms with Crippen LogP contribution in [0.25, 0.3) is 0 Å². The zero-order valence-corrected chi connectivity index (χ0v) is 18.6. The quantitative estimate of drug-likeness (QED) is 0.511. The van der Waals surface area contributed by atoms with Crippen LogP contribution in [-0.4, -0.2) is 36.5 Å². The van der Waals surface area contributed by atoms with E-state index in [0.717, 1.165) is 5.56 Å². The Morgan fingerprint density at radius 3 is 2.62 bits per heavy atom. The van der Waals surface area contributed by atoms with Gasteiger partial charge in [0.1, 0.15) is 18.4 Å². The molecule has 1 amide bonds. The monoisotopic (exact) mass is 455 g/mol. The van der Waals surface area contributed by atoms with Gasteiger partial charge in [0, 0.05) is 10.6 Å². The van der Waals surface area contributed by atoms with Gasteiger partial charge >= 0.3 is 5.97 Å². The van der Waals surface area contributed by atoms with Gasteiger partial charge in [0.15, 0.2) is 0 Å². The van der Waals surface area contributed by atoms with E-state index in [1.807, 2.05) is 37.4 Å². The van der Waals surface area contributed by atoms with Gasteiger partial charge in [0.05, 0.1) is 17.2 Å². The summed E-state index contributed by atoms with van der Waals surface area (Å²) in [5.41, 5.74) is 1.01. The highest BCUT2D eigenvalue weighted by Gasteiger charge is 2.24. The van der Waals surface area contributed by atoms with Crippen molar-refractivity contribution >= 4 is 46.8 Å². The van der Waals surface area contributed by atoms with Gasteiger partial charge in [-0.1, -0.05) is 41.4 Å². The summed E-state index contributed by atoms with van der Waals surface area (Å²) >= 11 is 13.6. The van der Waals surface area contributed by atoms with Gasteiger partial charge in [0.2, 0.25) is 0 Å². The molecule has 0 aliphatic heterocycles. The maximum Gasteiger partial charge on any atom is 0.329 e. The third kappa shape index (κ3) is 7.14. The van der Waals surface area contributed by atoms with Gasteiger partial charge in [-0.2, -0.15) is 11.8 Å². The van der Waals surface area contributed by atoms with Crippen molar-refractivity contribution in [3.05, 3.63) is 63.6 Å². The Morgan fingerprint density at radius 2 is 1.93 bits per heavy atom. The summed E-state index contributed by atoms with van der Waals surface area (Å²) in [5, 5.41) is 3.37. The summed E-state index contributed by atoms with van der Waals surface area (Å²) < 4.78 is 11.0. The van der Waals surface area contributed by atoms with Gasteiger partial charge in [0.25, 0.3) is 5.91 Å². The van der Waals surface area contributed by atoms with Crippen molar-refractivity contribution in [3.8, 4) is 5.75 Å². The Labute approximate surface area is 185 Å². The molecule has 5 nitrogen and oxygen atoms in total. The topological polar surface area (TPSA) is 64.6 Å². The second kappa shape index (κ2) is 12.0. The molecule has 0 fully saturated rings. The minimum absolute atomic E-state index is 0.0579. The van der Waals surface area contributed by atoms with E-state index in [1.54, 1.807) is 17.8 Å². The molecule has 0 bridgehead atoms. The lowest BCUT2D eigenvalue weighted by Crippen LogP contribution is -2.42. The molecule has 2 rings (SSSR count). The van der Waals surface area contributed by atoms with E-state index < -0.39 is 17.9 Å². The van der Waals surface area contributed by atoms with E-state index in [-0.39, 0.29) is 17.2 Å². The summed E-state index contributed by atoms with van der Waals surface area (Å²) in [6.07, 6.45) is 2.36. The second-order valence-corrected chi connectivity index (χ2v) is 7.91. The van der Waals surface area contributed by atoms with Crippen molar-refractivity contribution in [2.45, 2.75) is 26.0 Å². The van der Waals surface area contributed by atoms with Crippen molar-refractivity contribution in [1.29, 1.82) is 0 Å². The number of ether oxygens (including phenoxy) is 2. The van der Waals surface area contributed by atoms with Gasteiger partial charge < -0.3 is 14.8 Å². The average Bonchev–Trinajstić information content (AvgIpc) is 2.70. The van der Waals surface area contributed by atoms with Crippen LogP contribution in [0.3, 0.4) is 0 Å². The third-order valence-electron chi connectivity index (χ3n) is 4.02. The van der Waals surface area contributed by atoms with Crippen LogP contribution in [0, 0.1) is 0 Å². The van der Waals surface area contributed by atoms with Gasteiger partial charge in [-0.15, -0.1) is 0 Å². The molecule has 1 N–H and O–H groups in total. The van der Waals surface area contributed by atoms with Crippen molar-refractivity contribution in [1.82, 2.24) is 5.32 Å². The molecule has 1 unspecified atom stereocenters. The molecule has 2 aromatic carbocycles. The van der Waals surface area contributed by atoms with E-state index in [2.05, 4.69) is 5.32 Å². The number of esters is 1. The number of benzene rings is 2. The van der Waals surface area contributed by atoms with Crippen molar-refractivity contribution in [2.75, 3.05) is 18.6 Å². The normalized spacial score (nSPS) is 11.6. The Bertz CT molecular complexity index is 847. The van der Waals surface area contributed by atoms with Crippen LogP contribution in [0.15, 0.2) is 42.5 Å². The molecule has 29 heavy (non-hydrogen) atoms. The summed E-state index contributed by atoms with van der Waals surface area (Å²) in [4.78, 5) is 25.3. The van der Waals surface area contributed by atoms with E-state index in [4.69, 9.17) is 32.7 Å². The molecule has 0 saturated carbocycles. The molecule has 2 aromatic rings. The molecule has 0 saturated heterocycles. The first-order chi connectivity index (χ1) is 14.0. The fraction of sp³-hybridized carbons (Fsp3) is 0.333. The number of rotatable bonds is 10. The Kier molecular flexibility index (Phi) is 9.64. The van der Waals surface area contributed by atoms with E-state index in [1.165, 1.54) is 12.1 Å². The third-order valence-corrected chi connectivity index (χ3v) is 5.21. The van der Waals surface area contributed by atoms with Crippen molar-refractivity contribution < 1.29 is 19.1 Å². The molecule has 0 aliphatic carbocycles. The van der Waals surface area contributed by atoms with Gasteiger partial charge in [-0.25, -0.2) is 4.79 Å². The first kappa shape index (κ1) is 23.4. The first-order valence-corrected chi connectivity index (χ1v) is 11.2. The summed E-state index contributed by atoms with van der Waals surface area (Å²) in [6.45, 7) is 2.46. The van der Waals surface area contributed by atoms with Crippen LogP contribution in [-0.2, 0) is 16.1 Å². The number of nitrogens with one attached hydrogen (secondary N) is 1. The number of halogens is 2. The zero-order chi connectivity index (χ0) is 21.2. The van der Waals surface area contributed by atoms with Crippen LogP contribution in [0.1, 0.15) is 29.3 Å². The minimum atomic E-state index is -0.791. The molecule has 0 spiro atoms. The number of para-hydroxylation sites is 1. The fourth-order valence-corrected chi connectivity index (χ4v) is 3.53. The number of hydrogen-bond donors (Lipinski definition) is 1. The van der Waals surface area contributed by atoms with E-state index in [9.17, 15) is 9.59 Å². The number of carbonyl (C=O) groups is 2. The maximum atomic E-state index is 12.7. The van der Waals surface area contributed by atoms with Crippen molar-refractivity contribution in [2.24, 2.45) is 0 Å². The highest BCUT2D eigenvalue weighted by Crippen LogP contribution is 2.22. The predicted octanol–water partition coefficient (Wildman–Crippen LogP) is 4.99. The molecule has 0 radical (unpaired) electrons. The largest absolute Gasteiger partial charge is 0.493 e. The maximum absolute atomic E-state index is 12.7. The number of carbonyl (C=O) groups excluding carboxylic acids is 2. The summed E-state index contributed by atoms with van der Waals surface area (Å²) in [6, 6.07) is 11.1. The zero-order valence-electron chi connectivity index (χ0n) is 16.2. The number of amides is 1. The van der Waals surface area contributed by atoms with E-state index in [0.29, 0.717) is 29.6 Å². The first-order valence-electron chi connectivity index (χ1n) is 9.08. The van der Waals surface area contributed by atoms with Crippen LogP contribution >= 0.6 is 35.0 Å². The second-order valence-electron chi connectivity index (χ2n) is 6.08. The molecule has 8 heteroatoms. The fourth-order valence-electron chi connectivity index (χ4n) is 2.56. The average molecular weight is 456 g/mol. The van der Waals surface area contributed by atoms with Crippen LogP contribution < -0.4 is 10.1 Å². The Hall–Kier alpha value is -1.89. The summed E-state index contributed by atoms with van der Waals surface area (Å²) in [7, 11) is 0. The molecule has 0 aliphatic rings. The lowest BCUT2D eigenvalue weighted by molar-refractivity contribution is -0.147. The van der Waals surface area contributed by atoms with Gasteiger partial charge in [-0.05, 0) is 49.6 Å². The van der Waals surface area contributed by atoms with Crippen molar-refractivity contribution in [3.63, 3.8) is 0 Å². The molecular weight excluding hydrogens is 433 g/mol. The highest BCUT2D eigenvalue weighted by molar-refractivity contribution is 7.98. The highest BCUT2D eigenvalue weighted by atomic mass is 35.5. The SMILES string of the molecule is CCOc1ccccc1COC(=O)C(CCSC)NC(=O)c1ccc(Cl)cc1Cl. The smallest absolute Gasteiger partial charge is 0.329 e. The van der Waals surface area contributed by atoms with Gasteiger partial charge in [-0.3, -0.25) is 4.79 Å². The lowest BCUT2D eigenvalue weighted by Gasteiger charge is -2.18. The van der Waals surface area contributed by atoms with E-state index >= 15 is 0 Å². The summed E-state index contributed by atoms with van der Waals surface area (Å²) in [5.74, 6) is 0.387. The minimum Gasteiger partial charge on any atom is -0.493 e. The Balaban J connectivity index is 2.06. The van der Waals surface area contributed by atoms with Crippen LogP contribution in [0.5, 0.6) is 5.75 Å². The standard InChI is InChI=1S/C21H23Cl2NO4S/c1-3-27-19-7-5-4-6-14(19)13-28-21(26)18(10-11-29-2)24-20(25)16-9-8-15(22)12-17(16)23/h4-9,12,18H,3,10-11,13H2,1-2H3,(H,24,25). The molecular formula is C21H23Cl2NO4S. The number of thioether (sulfide) groups is 1. The molecule has 1 atom stereocenters. The molecule has 0 heterocycles. The molecule has 156 valence electrons. The van der Waals surface area contributed by atoms with Crippen LogP contribution in [0.2, 0.25) is 10.0 Å². The van der Waals surface area contributed by atoms with Crippen LogP contribution in [0.4, 0.5) is 0 Å². The number of hydrogen-bond acceptors (Lipinski definition) is 5.